The Morgan fingerprint density at radius 1 is 1.45 bits per heavy atom. The molecular formula is C12H9F3N6O. The van der Waals surface area contributed by atoms with E-state index in [9.17, 15) is 13.2 Å². The highest BCUT2D eigenvalue weighted by Gasteiger charge is 2.37. The van der Waals surface area contributed by atoms with Crippen molar-refractivity contribution in [3.8, 4) is 11.8 Å². The lowest BCUT2D eigenvalue weighted by atomic mass is 10.1. The predicted molar refractivity (Wildman–Crippen MR) is 69.4 cm³/mol. The van der Waals surface area contributed by atoms with Gasteiger partial charge in [0.1, 0.15) is 23.0 Å². The van der Waals surface area contributed by atoms with Crippen molar-refractivity contribution in [1.82, 2.24) is 20.6 Å². The quantitative estimate of drug-likeness (QED) is 0.840. The van der Waals surface area contributed by atoms with Crippen LogP contribution in [0.5, 0.6) is 5.75 Å². The number of aromatic amines is 1. The Morgan fingerprint density at radius 3 is 2.77 bits per heavy atom. The number of allylic oxidation sites excluding steroid dienone is 1. The number of benzene rings is 1. The number of anilines is 1. The number of nitriles is 1. The summed E-state index contributed by atoms with van der Waals surface area (Å²) < 4.78 is 44.1. The number of halogens is 3. The number of ether oxygens (including phenoxy) is 1. The van der Waals surface area contributed by atoms with Gasteiger partial charge in [-0.25, -0.2) is 0 Å². The molecule has 22 heavy (non-hydrogen) atoms. The summed E-state index contributed by atoms with van der Waals surface area (Å²) in [6.07, 6.45) is -3.56. The largest absolute Gasteiger partial charge is 0.496 e. The highest BCUT2D eigenvalue weighted by Crippen LogP contribution is 2.41. The summed E-state index contributed by atoms with van der Waals surface area (Å²) in [6, 6.07) is 5.57. The lowest BCUT2D eigenvalue weighted by Crippen LogP contribution is -2.11. The van der Waals surface area contributed by atoms with Gasteiger partial charge in [0.15, 0.2) is 0 Å². The van der Waals surface area contributed by atoms with E-state index in [1.165, 1.54) is 18.2 Å². The predicted octanol–water partition coefficient (Wildman–Crippen LogP) is 2.20. The number of hydrogen-bond donors (Lipinski definition) is 2. The molecule has 1 aromatic carbocycles. The molecule has 0 aliphatic heterocycles. The lowest BCUT2D eigenvalue weighted by Gasteiger charge is -2.16. The summed E-state index contributed by atoms with van der Waals surface area (Å²) in [5, 5.41) is 24.0. The SMILES string of the molecule is COc1cccc(NC=C(C#N)c2nn[nH]n2)c1C(F)(F)F. The molecule has 7 nitrogen and oxygen atoms in total. The summed E-state index contributed by atoms with van der Waals surface area (Å²) in [5.41, 5.74) is -1.31. The van der Waals surface area contributed by atoms with Crippen LogP contribution >= 0.6 is 0 Å². The topological polar surface area (TPSA) is 99.5 Å². The van der Waals surface area contributed by atoms with Gasteiger partial charge in [0.25, 0.3) is 0 Å². The number of nitrogens with one attached hydrogen (secondary N) is 2. The Bertz CT molecular complexity index is 717. The van der Waals surface area contributed by atoms with Gasteiger partial charge in [-0.05, 0) is 17.3 Å². The van der Waals surface area contributed by atoms with E-state index in [1.54, 1.807) is 6.07 Å². The van der Waals surface area contributed by atoms with E-state index in [4.69, 9.17) is 10.00 Å². The van der Waals surface area contributed by atoms with Crippen molar-refractivity contribution < 1.29 is 17.9 Å². The first-order valence-electron chi connectivity index (χ1n) is 5.82. The molecule has 2 aromatic rings. The Balaban J connectivity index is 2.40. The summed E-state index contributed by atoms with van der Waals surface area (Å²) in [5.74, 6) is -0.365. The third-order valence-electron chi connectivity index (χ3n) is 2.61. The van der Waals surface area contributed by atoms with E-state index in [-0.39, 0.29) is 22.8 Å². The fraction of sp³-hybridized carbons (Fsp3) is 0.167. The van der Waals surface area contributed by atoms with Crippen LogP contribution in [0.15, 0.2) is 24.4 Å². The summed E-state index contributed by atoms with van der Waals surface area (Å²) in [4.78, 5) is 0. The molecule has 2 N–H and O–H groups in total. The average Bonchev–Trinajstić information content (AvgIpc) is 3.00. The molecule has 1 heterocycles. The number of nitrogens with zero attached hydrogens (tertiary/aromatic N) is 4. The third-order valence-corrected chi connectivity index (χ3v) is 2.61. The van der Waals surface area contributed by atoms with E-state index in [1.807, 2.05) is 0 Å². The second-order valence-electron chi connectivity index (χ2n) is 3.93. The normalized spacial score (nSPS) is 11.9. The molecule has 0 aliphatic carbocycles. The molecule has 0 atom stereocenters. The van der Waals surface area contributed by atoms with Gasteiger partial charge in [0.2, 0.25) is 5.82 Å². The van der Waals surface area contributed by atoms with Crippen molar-refractivity contribution in [2.45, 2.75) is 6.18 Å². The minimum atomic E-state index is -4.62. The van der Waals surface area contributed by atoms with Crippen LogP contribution in [0.3, 0.4) is 0 Å². The Kier molecular flexibility index (Phi) is 4.26. The monoisotopic (exact) mass is 310 g/mol. The number of H-pyrrole nitrogens is 1. The van der Waals surface area contributed by atoms with Crippen molar-refractivity contribution in [3.05, 3.63) is 35.8 Å². The molecule has 0 radical (unpaired) electrons. The standard InChI is InChI=1S/C12H9F3N6O/c1-22-9-4-2-3-8(10(9)12(13,14)15)17-6-7(5-16)11-18-20-21-19-11/h2-4,6,17H,1H3,(H,18,19,20,21). The van der Waals surface area contributed by atoms with E-state index in [0.717, 1.165) is 13.3 Å². The Morgan fingerprint density at radius 2 is 2.23 bits per heavy atom. The molecule has 1 aromatic heterocycles. The van der Waals surface area contributed by atoms with Crippen LogP contribution in [0.1, 0.15) is 11.4 Å². The second-order valence-corrected chi connectivity index (χ2v) is 3.93. The zero-order chi connectivity index (χ0) is 16.2. The molecule has 0 fully saturated rings. The minimum absolute atomic E-state index is 0.0357. The highest BCUT2D eigenvalue weighted by atomic mass is 19.4. The number of tetrazole rings is 1. The molecule has 0 spiro atoms. The van der Waals surface area contributed by atoms with Crippen molar-refractivity contribution in [2.75, 3.05) is 12.4 Å². The van der Waals surface area contributed by atoms with E-state index in [2.05, 4.69) is 25.9 Å². The maximum atomic E-state index is 13.1. The van der Waals surface area contributed by atoms with Crippen LogP contribution < -0.4 is 10.1 Å². The molecule has 0 aliphatic rings. The molecule has 0 bridgehead atoms. The van der Waals surface area contributed by atoms with Crippen LogP contribution in [-0.4, -0.2) is 27.7 Å². The van der Waals surface area contributed by atoms with Gasteiger partial charge in [0.05, 0.1) is 12.8 Å². The van der Waals surface area contributed by atoms with Crippen LogP contribution in [0.2, 0.25) is 0 Å². The van der Waals surface area contributed by atoms with Gasteiger partial charge in [-0.2, -0.15) is 23.6 Å². The first kappa shape index (κ1) is 15.3. The van der Waals surface area contributed by atoms with Gasteiger partial charge in [-0.3, -0.25) is 0 Å². The summed E-state index contributed by atoms with van der Waals surface area (Å²) in [7, 11) is 1.14. The van der Waals surface area contributed by atoms with Gasteiger partial charge in [-0.15, -0.1) is 10.2 Å². The number of alkyl halides is 3. The highest BCUT2D eigenvalue weighted by molar-refractivity contribution is 5.75. The Labute approximate surface area is 122 Å². The number of aromatic nitrogens is 4. The molecule has 0 amide bonds. The van der Waals surface area contributed by atoms with Gasteiger partial charge < -0.3 is 10.1 Å². The van der Waals surface area contributed by atoms with Crippen molar-refractivity contribution in [1.29, 1.82) is 5.26 Å². The molecule has 0 saturated carbocycles. The summed E-state index contributed by atoms with van der Waals surface area (Å²) >= 11 is 0. The zero-order valence-electron chi connectivity index (χ0n) is 11.1. The lowest BCUT2D eigenvalue weighted by molar-refractivity contribution is -0.138. The van der Waals surface area contributed by atoms with Crippen LogP contribution in [0, 0.1) is 11.3 Å². The fourth-order valence-electron chi connectivity index (χ4n) is 1.69. The zero-order valence-corrected chi connectivity index (χ0v) is 11.1. The Hall–Kier alpha value is -3.09. The van der Waals surface area contributed by atoms with E-state index < -0.39 is 11.7 Å². The molecule has 0 unspecified atom stereocenters. The van der Waals surface area contributed by atoms with Crippen molar-refractivity contribution in [3.63, 3.8) is 0 Å². The van der Waals surface area contributed by atoms with Crippen LogP contribution in [-0.2, 0) is 6.18 Å². The first-order chi connectivity index (χ1) is 10.5. The number of hydrogen-bond acceptors (Lipinski definition) is 6. The van der Waals surface area contributed by atoms with E-state index >= 15 is 0 Å². The molecule has 2 rings (SSSR count). The summed E-state index contributed by atoms with van der Waals surface area (Å²) in [6.45, 7) is 0. The second kappa shape index (κ2) is 6.13. The molecule has 10 heteroatoms. The number of methoxy groups -OCH3 is 1. The smallest absolute Gasteiger partial charge is 0.421 e. The maximum absolute atomic E-state index is 13.1. The third kappa shape index (κ3) is 3.14. The first-order valence-corrected chi connectivity index (χ1v) is 5.82. The number of rotatable bonds is 4. The molecule has 0 saturated heterocycles. The van der Waals surface area contributed by atoms with Gasteiger partial charge >= 0.3 is 6.18 Å². The van der Waals surface area contributed by atoms with E-state index in [0.29, 0.717) is 0 Å². The van der Waals surface area contributed by atoms with Crippen molar-refractivity contribution in [2.24, 2.45) is 0 Å². The minimum Gasteiger partial charge on any atom is -0.496 e. The van der Waals surface area contributed by atoms with Gasteiger partial charge in [0, 0.05) is 6.20 Å². The molecular weight excluding hydrogens is 301 g/mol. The van der Waals surface area contributed by atoms with Gasteiger partial charge in [-0.1, -0.05) is 6.07 Å². The molecule has 114 valence electrons. The fourth-order valence-corrected chi connectivity index (χ4v) is 1.69. The average molecular weight is 310 g/mol. The van der Waals surface area contributed by atoms with Crippen molar-refractivity contribution >= 4 is 11.3 Å². The van der Waals surface area contributed by atoms with Crippen LogP contribution in [0.4, 0.5) is 18.9 Å². The van der Waals surface area contributed by atoms with Crippen LogP contribution in [0.25, 0.3) is 5.57 Å². The maximum Gasteiger partial charge on any atom is 0.421 e.